The van der Waals surface area contributed by atoms with Gasteiger partial charge in [-0.05, 0) is 82.3 Å². The molecule has 38 heavy (non-hydrogen) atoms. The summed E-state index contributed by atoms with van der Waals surface area (Å²) in [6.07, 6.45) is 6.84. The molecule has 1 aliphatic rings. The summed E-state index contributed by atoms with van der Waals surface area (Å²) in [6, 6.07) is 11.2. The minimum atomic E-state index is -0.646. The molecular weight excluding hydrogens is 480 g/mol. The maximum atomic E-state index is 13.3. The number of carbonyl (C=O) groups excluding carboxylic acids is 2. The van der Waals surface area contributed by atoms with Crippen molar-refractivity contribution < 1.29 is 14.3 Å². The standard InChI is InChI=1S/C29H38N6O3/c1-21-11-15-33(16-12-21)25-19-22(2)7-9-24(25)27(36)32-23-8-10-26(30-20-23)35(28(37)38-29(3,4)5)18-17-34-14-6-13-31-34/h6-10,13-14,19-21H,11-12,15-18H2,1-5H3,(H,32,36). The van der Waals surface area contributed by atoms with Gasteiger partial charge in [-0.1, -0.05) is 13.0 Å². The molecule has 0 radical (unpaired) electrons. The topological polar surface area (TPSA) is 92.6 Å². The molecule has 0 saturated carbocycles. The van der Waals surface area contributed by atoms with Crippen molar-refractivity contribution in [2.45, 2.75) is 59.6 Å². The van der Waals surface area contributed by atoms with Crippen molar-refractivity contribution in [2.24, 2.45) is 5.92 Å². The first-order chi connectivity index (χ1) is 18.1. The third-order valence-electron chi connectivity index (χ3n) is 6.53. The zero-order valence-electron chi connectivity index (χ0n) is 23.0. The third kappa shape index (κ3) is 7.12. The lowest BCUT2D eigenvalue weighted by Crippen LogP contribution is -2.39. The predicted octanol–water partition coefficient (Wildman–Crippen LogP) is 5.52. The number of anilines is 3. The van der Waals surface area contributed by atoms with E-state index in [4.69, 9.17) is 4.74 Å². The van der Waals surface area contributed by atoms with E-state index in [0.29, 0.717) is 36.1 Å². The Morgan fingerprint density at radius 2 is 1.92 bits per heavy atom. The van der Waals surface area contributed by atoms with Crippen LogP contribution >= 0.6 is 0 Å². The van der Waals surface area contributed by atoms with Crippen molar-refractivity contribution in [3.8, 4) is 0 Å². The Labute approximate surface area is 224 Å². The summed E-state index contributed by atoms with van der Waals surface area (Å²) in [5, 5.41) is 7.18. The Hall–Kier alpha value is -3.88. The van der Waals surface area contributed by atoms with Crippen LogP contribution in [-0.4, -0.2) is 52.0 Å². The van der Waals surface area contributed by atoms with Crippen LogP contribution in [0.1, 0.15) is 56.5 Å². The van der Waals surface area contributed by atoms with Crippen molar-refractivity contribution in [1.82, 2.24) is 14.8 Å². The van der Waals surface area contributed by atoms with Crippen molar-refractivity contribution >= 4 is 29.2 Å². The summed E-state index contributed by atoms with van der Waals surface area (Å²) in [5.41, 5.74) is 2.64. The van der Waals surface area contributed by atoms with Crippen LogP contribution in [-0.2, 0) is 11.3 Å². The molecule has 0 aliphatic carbocycles. The largest absolute Gasteiger partial charge is 0.443 e. The lowest BCUT2D eigenvalue weighted by atomic mass is 9.97. The molecule has 2 amide bonds. The van der Waals surface area contributed by atoms with E-state index in [1.54, 1.807) is 29.2 Å². The molecule has 4 rings (SSSR count). The van der Waals surface area contributed by atoms with Crippen molar-refractivity contribution in [2.75, 3.05) is 34.8 Å². The fourth-order valence-electron chi connectivity index (χ4n) is 4.41. The van der Waals surface area contributed by atoms with E-state index in [1.165, 1.54) is 4.90 Å². The average Bonchev–Trinajstić information content (AvgIpc) is 3.38. The second kappa shape index (κ2) is 11.7. The number of aryl methyl sites for hydroxylation is 1. The molecule has 1 N–H and O–H groups in total. The van der Waals surface area contributed by atoms with Crippen LogP contribution in [0, 0.1) is 12.8 Å². The highest BCUT2D eigenvalue weighted by Gasteiger charge is 2.25. The van der Waals surface area contributed by atoms with Crippen molar-refractivity contribution in [1.29, 1.82) is 0 Å². The smallest absolute Gasteiger partial charge is 0.416 e. The van der Waals surface area contributed by atoms with Crippen molar-refractivity contribution in [3.63, 3.8) is 0 Å². The van der Waals surface area contributed by atoms with E-state index in [9.17, 15) is 9.59 Å². The van der Waals surface area contributed by atoms with Gasteiger partial charge in [0.1, 0.15) is 11.4 Å². The summed E-state index contributed by atoms with van der Waals surface area (Å²) >= 11 is 0. The molecule has 0 unspecified atom stereocenters. The highest BCUT2D eigenvalue weighted by molar-refractivity contribution is 6.08. The number of nitrogens with zero attached hydrogens (tertiary/aromatic N) is 5. The van der Waals surface area contributed by atoms with Gasteiger partial charge in [0.05, 0.1) is 30.5 Å². The van der Waals surface area contributed by atoms with E-state index in [1.807, 2.05) is 52.1 Å². The van der Waals surface area contributed by atoms with E-state index >= 15 is 0 Å². The number of aromatic nitrogens is 3. The number of nitrogens with one attached hydrogen (secondary N) is 1. The lowest BCUT2D eigenvalue weighted by molar-refractivity contribution is 0.0577. The van der Waals surface area contributed by atoms with Gasteiger partial charge in [0.25, 0.3) is 5.91 Å². The molecule has 0 spiro atoms. The van der Waals surface area contributed by atoms with Crippen LogP contribution in [0.5, 0.6) is 0 Å². The number of amides is 2. The Morgan fingerprint density at radius 3 is 2.55 bits per heavy atom. The number of benzene rings is 1. The monoisotopic (exact) mass is 518 g/mol. The van der Waals surface area contributed by atoms with Crippen LogP contribution in [0.3, 0.4) is 0 Å². The number of ether oxygens (including phenoxy) is 1. The highest BCUT2D eigenvalue weighted by atomic mass is 16.6. The van der Waals surface area contributed by atoms with Gasteiger partial charge in [-0.3, -0.25) is 14.4 Å². The fourth-order valence-corrected chi connectivity index (χ4v) is 4.41. The Kier molecular flexibility index (Phi) is 8.34. The first-order valence-corrected chi connectivity index (χ1v) is 13.2. The molecule has 3 aromatic rings. The molecule has 9 heteroatoms. The third-order valence-corrected chi connectivity index (χ3v) is 6.53. The molecule has 0 atom stereocenters. The molecule has 2 aromatic heterocycles. The highest BCUT2D eigenvalue weighted by Crippen LogP contribution is 2.28. The van der Waals surface area contributed by atoms with Crippen molar-refractivity contribution in [3.05, 3.63) is 66.1 Å². The molecule has 1 aliphatic heterocycles. The zero-order chi connectivity index (χ0) is 27.3. The number of piperidine rings is 1. The number of hydrogen-bond donors (Lipinski definition) is 1. The lowest BCUT2D eigenvalue weighted by Gasteiger charge is -2.33. The van der Waals surface area contributed by atoms with Crippen LogP contribution in [0.25, 0.3) is 0 Å². The second-order valence-electron chi connectivity index (χ2n) is 11.0. The molecular formula is C29H38N6O3. The quantitative estimate of drug-likeness (QED) is 0.443. The molecule has 3 heterocycles. The summed E-state index contributed by atoms with van der Waals surface area (Å²) in [7, 11) is 0. The molecule has 0 bridgehead atoms. The zero-order valence-corrected chi connectivity index (χ0v) is 23.0. The molecule has 1 fully saturated rings. The summed E-state index contributed by atoms with van der Waals surface area (Å²) in [4.78, 5) is 34.5. The minimum absolute atomic E-state index is 0.184. The Morgan fingerprint density at radius 1 is 1.16 bits per heavy atom. The number of pyridine rings is 1. The van der Waals surface area contributed by atoms with E-state index in [-0.39, 0.29) is 5.91 Å². The Balaban J connectivity index is 1.49. The van der Waals surface area contributed by atoms with Gasteiger partial charge < -0.3 is 15.0 Å². The van der Waals surface area contributed by atoms with Crippen LogP contribution in [0.2, 0.25) is 0 Å². The Bertz CT molecular complexity index is 1230. The van der Waals surface area contributed by atoms with Gasteiger partial charge in [-0.25, -0.2) is 9.78 Å². The maximum Gasteiger partial charge on any atom is 0.416 e. The van der Waals surface area contributed by atoms with E-state index in [0.717, 1.165) is 37.2 Å². The van der Waals surface area contributed by atoms with Crippen LogP contribution < -0.4 is 15.1 Å². The van der Waals surface area contributed by atoms with Gasteiger partial charge in [0.2, 0.25) is 0 Å². The summed E-state index contributed by atoms with van der Waals surface area (Å²) < 4.78 is 7.35. The van der Waals surface area contributed by atoms with Crippen LogP contribution in [0.4, 0.5) is 22.0 Å². The molecule has 1 aromatic carbocycles. The van der Waals surface area contributed by atoms with Gasteiger partial charge in [-0.2, -0.15) is 5.10 Å². The van der Waals surface area contributed by atoms with Crippen LogP contribution in [0.15, 0.2) is 55.0 Å². The first kappa shape index (κ1) is 27.2. The van der Waals surface area contributed by atoms with E-state index < -0.39 is 11.7 Å². The SMILES string of the molecule is Cc1ccc(C(=O)Nc2ccc(N(CCn3cccn3)C(=O)OC(C)(C)C)nc2)c(N2CCC(C)CC2)c1. The normalized spacial score (nSPS) is 14.3. The summed E-state index contributed by atoms with van der Waals surface area (Å²) in [6.45, 7) is 12.5. The number of hydrogen-bond acceptors (Lipinski definition) is 6. The second-order valence-corrected chi connectivity index (χ2v) is 11.0. The minimum Gasteiger partial charge on any atom is -0.443 e. The fraction of sp³-hybridized carbons (Fsp3) is 0.448. The van der Waals surface area contributed by atoms with Gasteiger partial charge in [0.15, 0.2) is 0 Å². The van der Waals surface area contributed by atoms with Gasteiger partial charge >= 0.3 is 6.09 Å². The molecule has 9 nitrogen and oxygen atoms in total. The van der Waals surface area contributed by atoms with E-state index in [2.05, 4.69) is 33.3 Å². The molecule has 202 valence electrons. The maximum absolute atomic E-state index is 13.3. The molecule has 1 saturated heterocycles. The first-order valence-electron chi connectivity index (χ1n) is 13.2. The number of carbonyl (C=O) groups is 2. The number of rotatable bonds is 7. The average molecular weight is 519 g/mol. The van der Waals surface area contributed by atoms with Gasteiger partial charge in [0, 0.05) is 31.2 Å². The summed E-state index contributed by atoms with van der Waals surface area (Å²) in [5.74, 6) is 0.955. The van der Waals surface area contributed by atoms with Gasteiger partial charge in [-0.15, -0.1) is 0 Å². The predicted molar refractivity (Wildman–Crippen MR) is 150 cm³/mol.